The molecule has 104 valence electrons. The summed E-state index contributed by atoms with van der Waals surface area (Å²) in [6.45, 7) is 5.78. The van der Waals surface area contributed by atoms with E-state index in [1.165, 1.54) is 6.08 Å². The lowest BCUT2D eigenvalue weighted by atomic mass is 10.1. The van der Waals surface area contributed by atoms with Crippen molar-refractivity contribution in [3.05, 3.63) is 66.8 Å². The number of anilines is 1. The molecule has 4 heteroatoms. The molecule has 0 atom stereocenters. The average molecular weight is 270 g/mol. The lowest BCUT2D eigenvalue weighted by Crippen LogP contribution is -2.24. The molecule has 0 bridgehead atoms. The van der Waals surface area contributed by atoms with Crippen LogP contribution in [0.1, 0.15) is 17.3 Å². The summed E-state index contributed by atoms with van der Waals surface area (Å²) in [5, 5.41) is 5.36. The van der Waals surface area contributed by atoms with E-state index in [1.54, 1.807) is 42.5 Å². The molecule has 0 saturated carbocycles. The van der Waals surface area contributed by atoms with Crippen molar-refractivity contribution in [3.8, 4) is 0 Å². The van der Waals surface area contributed by atoms with Crippen molar-refractivity contribution in [2.45, 2.75) is 6.92 Å². The van der Waals surface area contributed by atoms with Crippen molar-refractivity contribution in [2.24, 2.45) is 0 Å². The summed E-state index contributed by atoms with van der Waals surface area (Å²) in [4.78, 5) is 23.6. The molecule has 0 aromatic heterocycles. The van der Waals surface area contributed by atoms with Crippen LogP contribution in [0.3, 0.4) is 0 Å². The van der Waals surface area contributed by atoms with Crippen LogP contribution >= 0.6 is 0 Å². The van der Waals surface area contributed by atoms with Crippen LogP contribution in [-0.4, -0.2) is 18.4 Å². The fourth-order valence-electron chi connectivity index (χ4n) is 1.48. The maximum Gasteiger partial charge on any atom is 0.253 e. The molecule has 0 aliphatic carbocycles. The van der Waals surface area contributed by atoms with E-state index in [0.717, 1.165) is 0 Å². The van der Waals surface area contributed by atoms with Crippen LogP contribution in [0.25, 0.3) is 0 Å². The first-order valence-corrected chi connectivity index (χ1v) is 6.27. The zero-order chi connectivity index (χ0) is 14.8. The summed E-state index contributed by atoms with van der Waals surface area (Å²) < 4.78 is 0. The molecule has 0 spiro atoms. The van der Waals surface area contributed by atoms with E-state index in [1.807, 2.05) is 13.0 Å². The molecule has 0 radical (unpaired) electrons. The number of para-hydroxylation sites is 1. The Kier molecular flexibility index (Phi) is 6.54. The zero-order valence-electron chi connectivity index (χ0n) is 11.4. The minimum absolute atomic E-state index is 0.252. The predicted molar refractivity (Wildman–Crippen MR) is 81.6 cm³/mol. The van der Waals surface area contributed by atoms with Crippen molar-refractivity contribution >= 4 is 17.5 Å². The molecule has 1 aromatic rings. The highest BCUT2D eigenvalue weighted by molar-refractivity contribution is 6.06. The van der Waals surface area contributed by atoms with Crippen molar-refractivity contribution in [3.63, 3.8) is 0 Å². The number of hydrogen-bond acceptors (Lipinski definition) is 2. The molecule has 2 N–H and O–H groups in total. The van der Waals surface area contributed by atoms with Gasteiger partial charge in [-0.25, -0.2) is 0 Å². The Labute approximate surface area is 118 Å². The summed E-state index contributed by atoms with van der Waals surface area (Å²) in [7, 11) is 0. The molecule has 0 unspecified atom stereocenters. The number of rotatable bonds is 6. The van der Waals surface area contributed by atoms with E-state index in [9.17, 15) is 9.59 Å². The van der Waals surface area contributed by atoms with Gasteiger partial charge in [-0.1, -0.05) is 36.4 Å². The Morgan fingerprint density at radius 3 is 2.70 bits per heavy atom. The van der Waals surface area contributed by atoms with Gasteiger partial charge in [0.05, 0.1) is 11.3 Å². The lowest BCUT2D eigenvalue weighted by molar-refractivity contribution is -0.111. The topological polar surface area (TPSA) is 58.2 Å². The summed E-state index contributed by atoms with van der Waals surface area (Å²) in [5.74, 6) is -0.537. The highest BCUT2D eigenvalue weighted by Gasteiger charge is 2.10. The highest BCUT2D eigenvalue weighted by Crippen LogP contribution is 2.14. The monoisotopic (exact) mass is 270 g/mol. The van der Waals surface area contributed by atoms with Crippen LogP contribution in [0.2, 0.25) is 0 Å². The molecule has 4 nitrogen and oxygen atoms in total. The van der Waals surface area contributed by atoms with E-state index in [2.05, 4.69) is 17.2 Å². The molecule has 1 aromatic carbocycles. The fraction of sp³-hybridized carbons (Fsp3) is 0.125. The van der Waals surface area contributed by atoms with Gasteiger partial charge in [0.2, 0.25) is 5.91 Å². The van der Waals surface area contributed by atoms with Gasteiger partial charge < -0.3 is 10.6 Å². The van der Waals surface area contributed by atoms with Gasteiger partial charge in [0.1, 0.15) is 0 Å². The maximum absolute atomic E-state index is 11.9. The Hall–Kier alpha value is -2.62. The maximum atomic E-state index is 11.9. The second kappa shape index (κ2) is 8.48. The van der Waals surface area contributed by atoms with Gasteiger partial charge in [-0.3, -0.25) is 9.59 Å². The third kappa shape index (κ3) is 4.94. The number of carbonyl (C=O) groups excluding carboxylic acids is 2. The second-order valence-corrected chi connectivity index (χ2v) is 3.92. The van der Waals surface area contributed by atoms with Gasteiger partial charge >= 0.3 is 0 Å². The summed E-state index contributed by atoms with van der Waals surface area (Å²) in [5.41, 5.74) is 0.895. The zero-order valence-corrected chi connectivity index (χ0v) is 11.4. The van der Waals surface area contributed by atoms with Crippen LogP contribution in [0, 0.1) is 0 Å². The van der Waals surface area contributed by atoms with Crippen LogP contribution < -0.4 is 10.6 Å². The van der Waals surface area contributed by atoms with Gasteiger partial charge in [-0.2, -0.15) is 0 Å². The molecular weight excluding hydrogens is 252 g/mol. The first-order valence-electron chi connectivity index (χ1n) is 6.27. The highest BCUT2D eigenvalue weighted by atomic mass is 16.2. The largest absolute Gasteiger partial charge is 0.349 e. The Balaban J connectivity index is 2.82. The van der Waals surface area contributed by atoms with E-state index >= 15 is 0 Å². The standard InChI is InChI=1S/C16H18N2O2/c1-3-5-6-11-15(19)18-14-10-8-7-9-13(14)16(20)17-12-4-2/h3-11H,2,12H2,1H3,(H,17,20)(H,18,19)/b5-3+,11-6+. The van der Waals surface area contributed by atoms with Crippen LogP contribution in [0.5, 0.6) is 0 Å². The summed E-state index contributed by atoms with van der Waals surface area (Å²) >= 11 is 0. The Bertz CT molecular complexity index is 545. The summed E-state index contributed by atoms with van der Waals surface area (Å²) in [6.07, 6.45) is 8.20. The van der Waals surface area contributed by atoms with Crippen molar-refractivity contribution in [1.82, 2.24) is 5.32 Å². The van der Waals surface area contributed by atoms with Gasteiger partial charge in [-0.15, -0.1) is 6.58 Å². The molecular formula is C16H18N2O2. The van der Waals surface area contributed by atoms with E-state index in [0.29, 0.717) is 17.8 Å². The van der Waals surface area contributed by atoms with Gasteiger partial charge in [-0.05, 0) is 19.1 Å². The third-order valence-corrected chi connectivity index (χ3v) is 2.39. The van der Waals surface area contributed by atoms with Crippen molar-refractivity contribution in [1.29, 1.82) is 0 Å². The number of hydrogen-bond donors (Lipinski definition) is 2. The van der Waals surface area contributed by atoms with E-state index < -0.39 is 0 Å². The molecule has 0 saturated heterocycles. The molecule has 0 fully saturated rings. The first kappa shape index (κ1) is 15.4. The molecule has 0 aliphatic heterocycles. The number of carbonyl (C=O) groups is 2. The Morgan fingerprint density at radius 1 is 1.25 bits per heavy atom. The number of amides is 2. The second-order valence-electron chi connectivity index (χ2n) is 3.92. The number of allylic oxidation sites excluding steroid dienone is 3. The molecule has 20 heavy (non-hydrogen) atoms. The van der Waals surface area contributed by atoms with Gasteiger partial charge in [0.25, 0.3) is 5.91 Å². The van der Waals surface area contributed by atoms with Crippen LogP contribution in [0.15, 0.2) is 61.2 Å². The predicted octanol–water partition coefficient (Wildman–Crippen LogP) is 2.67. The lowest BCUT2D eigenvalue weighted by Gasteiger charge is -2.09. The number of benzene rings is 1. The van der Waals surface area contributed by atoms with Gasteiger partial charge in [0, 0.05) is 12.6 Å². The van der Waals surface area contributed by atoms with E-state index in [-0.39, 0.29) is 11.8 Å². The normalized spacial score (nSPS) is 10.7. The van der Waals surface area contributed by atoms with Crippen LogP contribution in [0.4, 0.5) is 5.69 Å². The van der Waals surface area contributed by atoms with Crippen molar-refractivity contribution < 1.29 is 9.59 Å². The van der Waals surface area contributed by atoms with E-state index in [4.69, 9.17) is 0 Å². The molecule has 1 rings (SSSR count). The smallest absolute Gasteiger partial charge is 0.253 e. The third-order valence-electron chi connectivity index (χ3n) is 2.39. The molecule has 0 aliphatic rings. The minimum atomic E-state index is -0.285. The fourth-order valence-corrected chi connectivity index (χ4v) is 1.48. The van der Waals surface area contributed by atoms with Crippen LogP contribution in [-0.2, 0) is 4.79 Å². The summed E-state index contributed by atoms with van der Waals surface area (Å²) in [6, 6.07) is 6.84. The quantitative estimate of drug-likeness (QED) is 0.474. The average Bonchev–Trinajstić information content (AvgIpc) is 2.45. The van der Waals surface area contributed by atoms with Crippen molar-refractivity contribution in [2.75, 3.05) is 11.9 Å². The minimum Gasteiger partial charge on any atom is -0.349 e. The first-order chi connectivity index (χ1) is 9.69. The Morgan fingerprint density at radius 2 is 2.00 bits per heavy atom. The molecule has 2 amide bonds. The number of nitrogens with one attached hydrogen (secondary N) is 2. The molecule has 0 heterocycles. The van der Waals surface area contributed by atoms with Gasteiger partial charge in [0.15, 0.2) is 0 Å². The SMILES string of the molecule is C=CCNC(=O)c1ccccc1NC(=O)/C=C/C=C/C.